The molecule has 0 saturated carbocycles. The second-order valence-electron chi connectivity index (χ2n) is 8.62. The molecule has 1 heterocycles. The Labute approximate surface area is 200 Å². The molecule has 1 aliphatic heterocycles. The first kappa shape index (κ1) is 25.4. The largest absolute Gasteiger partial charge is 0.507 e. The Bertz CT molecular complexity index is 1030. The molecule has 1 N–H and O–H groups in total. The number of halogens is 1. The molecule has 1 amide bonds. The summed E-state index contributed by atoms with van der Waals surface area (Å²) in [5, 5.41) is 11.0. The average molecular weight is 469 g/mol. The Morgan fingerprint density at radius 3 is 2.24 bits per heavy atom. The van der Waals surface area contributed by atoms with Crippen LogP contribution in [-0.2, 0) is 9.59 Å². The molecule has 182 valence electrons. The molecule has 1 atom stereocenters. The van der Waals surface area contributed by atoms with Crippen LogP contribution in [0.4, 0.5) is 4.39 Å². The third kappa shape index (κ3) is 5.65. The van der Waals surface area contributed by atoms with Gasteiger partial charge in [0.2, 0.25) is 0 Å². The lowest BCUT2D eigenvalue weighted by molar-refractivity contribution is -0.140. The second-order valence-corrected chi connectivity index (χ2v) is 8.62. The van der Waals surface area contributed by atoms with Gasteiger partial charge in [-0.1, -0.05) is 26.0 Å². The Hall–Kier alpha value is -3.19. The van der Waals surface area contributed by atoms with E-state index in [1.54, 1.807) is 12.1 Å². The smallest absolute Gasteiger partial charge is 0.295 e. The number of ketones is 1. The van der Waals surface area contributed by atoms with E-state index < -0.39 is 23.5 Å². The lowest BCUT2D eigenvalue weighted by Gasteiger charge is -2.27. The molecular weight excluding hydrogens is 435 g/mol. The van der Waals surface area contributed by atoms with Gasteiger partial charge in [0.15, 0.2) is 0 Å². The van der Waals surface area contributed by atoms with Crippen molar-refractivity contribution < 1.29 is 23.8 Å². The van der Waals surface area contributed by atoms with Gasteiger partial charge in [-0.3, -0.25) is 9.59 Å². The number of aliphatic hydroxyl groups is 1. The van der Waals surface area contributed by atoms with E-state index in [-0.39, 0.29) is 23.0 Å². The molecule has 1 fully saturated rings. The summed E-state index contributed by atoms with van der Waals surface area (Å²) in [6.07, 6.45) is 0.700. The van der Waals surface area contributed by atoms with Crippen molar-refractivity contribution in [2.45, 2.75) is 46.3 Å². The molecule has 0 spiro atoms. The average Bonchev–Trinajstić information content (AvgIpc) is 3.07. The van der Waals surface area contributed by atoms with E-state index in [2.05, 4.69) is 18.7 Å². The molecule has 0 radical (unpaired) electrons. The van der Waals surface area contributed by atoms with Crippen molar-refractivity contribution in [1.82, 2.24) is 9.80 Å². The summed E-state index contributed by atoms with van der Waals surface area (Å²) in [5.41, 5.74) is 0.992. The van der Waals surface area contributed by atoms with Gasteiger partial charge >= 0.3 is 0 Å². The van der Waals surface area contributed by atoms with Crippen LogP contribution in [0.2, 0.25) is 0 Å². The summed E-state index contributed by atoms with van der Waals surface area (Å²) in [4.78, 5) is 29.9. The van der Waals surface area contributed by atoms with Gasteiger partial charge in [-0.15, -0.1) is 0 Å². The van der Waals surface area contributed by atoms with Gasteiger partial charge in [-0.25, -0.2) is 4.39 Å². The molecule has 0 unspecified atom stereocenters. The van der Waals surface area contributed by atoms with Gasteiger partial charge in [-0.05, 0) is 81.9 Å². The molecule has 0 aliphatic carbocycles. The number of rotatable bonds is 10. The fraction of sp³-hybridized carbons (Fsp3) is 0.407. The number of benzene rings is 2. The van der Waals surface area contributed by atoms with Crippen molar-refractivity contribution in [3.8, 4) is 5.75 Å². The quantitative estimate of drug-likeness (QED) is 0.309. The van der Waals surface area contributed by atoms with Crippen molar-refractivity contribution in [1.29, 1.82) is 0 Å². The molecule has 3 rings (SSSR count). The van der Waals surface area contributed by atoms with Gasteiger partial charge in [0.05, 0.1) is 17.7 Å². The minimum atomic E-state index is -0.741. The van der Waals surface area contributed by atoms with Crippen molar-refractivity contribution >= 4 is 17.4 Å². The van der Waals surface area contributed by atoms with E-state index >= 15 is 0 Å². The minimum Gasteiger partial charge on any atom is -0.507 e. The van der Waals surface area contributed by atoms with E-state index in [4.69, 9.17) is 4.74 Å². The van der Waals surface area contributed by atoms with Crippen LogP contribution >= 0.6 is 0 Å². The fourth-order valence-electron chi connectivity index (χ4n) is 4.23. The normalized spacial score (nSPS) is 17.7. The maximum Gasteiger partial charge on any atom is 0.295 e. The number of ether oxygens (including phenoxy) is 1. The first-order valence-electron chi connectivity index (χ1n) is 11.8. The van der Waals surface area contributed by atoms with Crippen LogP contribution in [0.15, 0.2) is 54.1 Å². The number of carbonyl (C=O) groups is 2. The highest BCUT2D eigenvalue weighted by atomic mass is 19.1. The van der Waals surface area contributed by atoms with E-state index in [0.29, 0.717) is 24.3 Å². The van der Waals surface area contributed by atoms with Crippen molar-refractivity contribution in [2.75, 3.05) is 26.2 Å². The molecule has 0 aromatic heterocycles. The summed E-state index contributed by atoms with van der Waals surface area (Å²) in [6, 6.07) is 11.7. The highest BCUT2D eigenvalue weighted by molar-refractivity contribution is 6.46. The predicted octanol–water partition coefficient (Wildman–Crippen LogP) is 4.77. The molecule has 7 heteroatoms. The highest BCUT2D eigenvalue weighted by Crippen LogP contribution is 2.40. The first-order valence-corrected chi connectivity index (χ1v) is 11.8. The number of hydrogen-bond acceptors (Lipinski definition) is 5. The lowest BCUT2D eigenvalue weighted by Crippen LogP contribution is -2.33. The number of nitrogens with zero attached hydrogens (tertiary/aromatic N) is 2. The maximum atomic E-state index is 13.4. The SMILES string of the molecule is CCN(CC)CCCN1C(=O)C(=O)/C(=C(/O)c2ccc(F)cc2)[C@@H]1c1ccc(OC(C)C)cc1. The summed E-state index contributed by atoms with van der Waals surface area (Å²) < 4.78 is 19.1. The fourth-order valence-corrected chi connectivity index (χ4v) is 4.23. The van der Waals surface area contributed by atoms with Crippen molar-refractivity contribution in [2.24, 2.45) is 0 Å². The monoisotopic (exact) mass is 468 g/mol. The number of carbonyl (C=O) groups excluding carboxylic acids is 2. The molecule has 1 saturated heterocycles. The standard InChI is InChI=1S/C27H33FN2O4/c1-5-29(6-2)16-7-17-30-24(19-10-14-22(15-11-19)34-18(3)4)23(26(32)27(30)33)25(31)20-8-12-21(28)13-9-20/h8-15,18,24,31H,5-7,16-17H2,1-4H3/b25-23+/t24-/m0/s1. The third-order valence-electron chi connectivity index (χ3n) is 5.99. The highest BCUT2D eigenvalue weighted by Gasteiger charge is 2.45. The third-order valence-corrected chi connectivity index (χ3v) is 5.99. The van der Waals surface area contributed by atoms with Crippen molar-refractivity contribution in [3.63, 3.8) is 0 Å². The predicted molar refractivity (Wildman–Crippen MR) is 130 cm³/mol. The van der Waals surface area contributed by atoms with Crippen LogP contribution in [0.5, 0.6) is 5.75 Å². The number of likely N-dealkylation sites (tertiary alicyclic amines) is 1. The number of Topliss-reactive ketones (excluding diaryl/α,β-unsaturated/α-hetero) is 1. The molecule has 2 aromatic rings. The van der Waals surface area contributed by atoms with Gasteiger partial charge in [0.25, 0.3) is 11.7 Å². The van der Waals surface area contributed by atoms with Gasteiger partial charge in [0, 0.05) is 12.1 Å². The summed E-state index contributed by atoms with van der Waals surface area (Å²) in [7, 11) is 0. The van der Waals surface area contributed by atoms with E-state index in [1.807, 2.05) is 26.0 Å². The zero-order valence-electron chi connectivity index (χ0n) is 20.3. The lowest BCUT2D eigenvalue weighted by atomic mass is 9.95. The Morgan fingerprint density at radius 1 is 1.06 bits per heavy atom. The van der Waals surface area contributed by atoms with Crippen LogP contribution in [0.3, 0.4) is 0 Å². The maximum absolute atomic E-state index is 13.4. The Balaban J connectivity index is 2.01. The number of hydrogen-bond donors (Lipinski definition) is 1. The first-order chi connectivity index (χ1) is 16.3. The van der Waals surface area contributed by atoms with Crippen LogP contribution in [0.1, 0.15) is 51.3 Å². The van der Waals surface area contributed by atoms with Crippen LogP contribution in [0, 0.1) is 5.82 Å². The molecule has 6 nitrogen and oxygen atoms in total. The van der Waals surface area contributed by atoms with Gasteiger partial charge < -0.3 is 19.6 Å². The molecule has 0 bridgehead atoms. The van der Waals surface area contributed by atoms with Crippen LogP contribution in [-0.4, -0.2) is 58.9 Å². The van der Waals surface area contributed by atoms with Crippen LogP contribution in [0.25, 0.3) is 5.76 Å². The Kier molecular flexibility index (Phi) is 8.45. The molecule has 2 aromatic carbocycles. The second kappa shape index (κ2) is 11.3. The van der Waals surface area contributed by atoms with Gasteiger partial charge in [0.1, 0.15) is 17.3 Å². The van der Waals surface area contributed by atoms with Crippen molar-refractivity contribution in [3.05, 3.63) is 71.0 Å². The van der Waals surface area contributed by atoms with Crippen LogP contribution < -0.4 is 4.74 Å². The minimum absolute atomic E-state index is 0.00930. The van der Waals surface area contributed by atoms with E-state index in [0.717, 1.165) is 19.6 Å². The number of amides is 1. The zero-order valence-corrected chi connectivity index (χ0v) is 20.3. The number of aliphatic hydroxyl groups excluding tert-OH is 1. The summed E-state index contributed by atoms with van der Waals surface area (Å²) in [6.45, 7) is 11.0. The van der Waals surface area contributed by atoms with E-state index in [9.17, 15) is 19.1 Å². The summed E-state index contributed by atoms with van der Waals surface area (Å²) in [5.74, 6) is -1.47. The zero-order chi connectivity index (χ0) is 24.8. The summed E-state index contributed by atoms with van der Waals surface area (Å²) >= 11 is 0. The Morgan fingerprint density at radius 2 is 1.68 bits per heavy atom. The topological polar surface area (TPSA) is 70.1 Å². The molecular formula is C27H33FN2O4. The molecule has 1 aliphatic rings. The van der Waals surface area contributed by atoms with E-state index in [1.165, 1.54) is 29.2 Å². The molecule has 34 heavy (non-hydrogen) atoms. The van der Waals surface area contributed by atoms with Gasteiger partial charge in [-0.2, -0.15) is 0 Å².